The monoisotopic (exact) mass is 229 g/mol. The fourth-order valence-electron chi connectivity index (χ4n) is 0.994. The first kappa shape index (κ1) is 12.0. The minimum absolute atomic E-state index is 0.0913. The average molecular weight is 230 g/mol. The lowest BCUT2D eigenvalue weighted by Gasteiger charge is -2.21. The molecule has 1 N–H and O–H groups in total. The van der Waals surface area contributed by atoms with E-state index < -0.39 is 0 Å². The molecule has 1 aromatic rings. The van der Waals surface area contributed by atoms with E-state index in [1.54, 1.807) is 24.0 Å². The van der Waals surface area contributed by atoms with Gasteiger partial charge in [-0.2, -0.15) is 5.10 Å². The van der Waals surface area contributed by atoms with Crippen LogP contribution in [0, 0.1) is 5.41 Å². The van der Waals surface area contributed by atoms with E-state index in [0.29, 0.717) is 18.1 Å². The summed E-state index contributed by atoms with van der Waals surface area (Å²) in [6.07, 6.45) is 1.74. The number of nitrogens with zero attached hydrogens (tertiary/aromatic N) is 2. The summed E-state index contributed by atoms with van der Waals surface area (Å²) >= 11 is 5.76. The average Bonchev–Trinajstić information content (AvgIpc) is 2.61. The molecule has 0 aromatic carbocycles. The quantitative estimate of drug-likeness (QED) is 0.794. The van der Waals surface area contributed by atoms with Crippen LogP contribution in [0.4, 0.5) is 0 Å². The van der Waals surface area contributed by atoms with Crippen LogP contribution in [0.2, 0.25) is 0 Å². The van der Waals surface area contributed by atoms with E-state index in [-0.39, 0.29) is 11.3 Å². The molecule has 5 heteroatoms. The molecule has 0 aliphatic heterocycles. The third-order valence-corrected chi connectivity index (χ3v) is 2.76. The van der Waals surface area contributed by atoms with E-state index in [0.717, 1.165) is 0 Å². The van der Waals surface area contributed by atoms with Gasteiger partial charge in [-0.25, -0.2) is 0 Å². The first-order chi connectivity index (χ1) is 6.94. The first-order valence-electron chi connectivity index (χ1n) is 4.78. The van der Waals surface area contributed by atoms with Gasteiger partial charge >= 0.3 is 0 Å². The molecule has 0 unspecified atom stereocenters. The maximum absolute atomic E-state index is 11.6. The van der Waals surface area contributed by atoms with Crippen LogP contribution in [0.15, 0.2) is 12.3 Å². The van der Waals surface area contributed by atoms with Crippen LogP contribution in [0.3, 0.4) is 0 Å². The minimum Gasteiger partial charge on any atom is -0.350 e. The molecule has 0 fully saturated rings. The first-order valence-corrected chi connectivity index (χ1v) is 5.32. The Morgan fingerprint density at radius 3 is 2.80 bits per heavy atom. The smallest absolute Gasteiger partial charge is 0.271 e. The molecule has 0 bridgehead atoms. The zero-order valence-corrected chi connectivity index (χ0v) is 10.0. The van der Waals surface area contributed by atoms with Gasteiger partial charge in [0.15, 0.2) is 0 Å². The molecule has 0 saturated heterocycles. The molecule has 84 valence electrons. The van der Waals surface area contributed by atoms with Gasteiger partial charge in [-0.05, 0) is 11.5 Å². The van der Waals surface area contributed by atoms with Gasteiger partial charge < -0.3 is 5.32 Å². The number of nitrogens with one attached hydrogen (secondary N) is 1. The Kier molecular flexibility index (Phi) is 3.74. The molecule has 0 aliphatic rings. The molecule has 1 rings (SSSR count). The number of aryl methyl sites for hydroxylation is 1. The topological polar surface area (TPSA) is 46.9 Å². The summed E-state index contributed by atoms with van der Waals surface area (Å²) in [6, 6.07) is 1.68. The van der Waals surface area contributed by atoms with Gasteiger partial charge in [0, 0.05) is 25.7 Å². The lowest BCUT2D eigenvalue weighted by Crippen LogP contribution is -2.35. The largest absolute Gasteiger partial charge is 0.350 e. The normalized spacial score (nSPS) is 11.5. The second-order valence-electron chi connectivity index (χ2n) is 4.36. The Morgan fingerprint density at radius 2 is 2.33 bits per heavy atom. The van der Waals surface area contributed by atoms with E-state index in [9.17, 15) is 4.79 Å². The van der Waals surface area contributed by atoms with Crippen LogP contribution >= 0.6 is 11.6 Å². The second-order valence-corrected chi connectivity index (χ2v) is 4.62. The van der Waals surface area contributed by atoms with Gasteiger partial charge in [0.25, 0.3) is 5.91 Å². The number of alkyl halides is 1. The van der Waals surface area contributed by atoms with Gasteiger partial charge in [-0.1, -0.05) is 13.8 Å². The Labute approximate surface area is 94.6 Å². The Balaban J connectivity index is 2.50. The summed E-state index contributed by atoms with van der Waals surface area (Å²) < 4.78 is 1.60. The van der Waals surface area contributed by atoms with Crippen LogP contribution in [0.25, 0.3) is 0 Å². The van der Waals surface area contributed by atoms with Crippen molar-refractivity contribution in [1.82, 2.24) is 15.1 Å². The molecule has 0 atom stereocenters. The number of carbonyl (C=O) groups excluding carboxylic acids is 1. The van der Waals surface area contributed by atoms with E-state index in [2.05, 4.69) is 10.4 Å². The van der Waals surface area contributed by atoms with Crippen molar-refractivity contribution in [3.63, 3.8) is 0 Å². The van der Waals surface area contributed by atoms with E-state index in [1.165, 1.54) is 0 Å². The van der Waals surface area contributed by atoms with Crippen LogP contribution in [0.5, 0.6) is 0 Å². The van der Waals surface area contributed by atoms with Gasteiger partial charge in [-0.15, -0.1) is 11.6 Å². The molecule has 1 amide bonds. The van der Waals surface area contributed by atoms with Gasteiger partial charge in [-0.3, -0.25) is 9.48 Å². The Hall–Kier alpha value is -1.03. The van der Waals surface area contributed by atoms with Crippen LogP contribution in [-0.4, -0.2) is 28.1 Å². The van der Waals surface area contributed by atoms with Gasteiger partial charge in [0.1, 0.15) is 5.69 Å². The number of rotatable bonds is 4. The minimum atomic E-state index is -0.159. The number of halogens is 1. The number of carbonyl (C=O) groups is 1. The summed E-state index contributed by atoms with van der Waals surface area (Å²) in [4.78, 5) is 11.6. The van der Waals surface area contributed by atoms with Crippen LogP contribution < -0.4 is 5.32 Å². The Morgan fingerprint density at radius 1 is 1.67 bits per heavy atom. The zero-order chi connectivity index (χ0) is 11.5. The number of aromatic nitrogens is 2. The molecule has 15 heavy (non-hydrogen) atoms. The van der Waals surface area contributed by atoms with Crippen LogP contribution in [0.1, 0.15) is 24.3 Å². The highest BCUT2D eigenvalue weighted by molar-refractivity contribution is 6.18. The fourth-order valence-corrected chi connectivity index (χ4v) is 1.09. The number of hydrogen-bond acceptors (Lipinski definition) is 2. The summed E-state index contributed by atoms with van der Waals surface area (Å²) in [7, 11) is 1.78. The van der Waals surface area contributed by atoms with Crippen molar-refractivity contribution in [2.24, 2.45) is 12.5 Å². The highest BCUT2D eigenvalue weighted by atomic mass is 35.5. The summed E-state index contributed by atoms with van der Waals surface area (Å²) in [5.41, 5.74) is 0.342. The SMILES string of the molecule is Cn1ccc(C(=O)NCC(C)(C)CCl)n1. The van der Waals surface area contributed by atoms with Crippen molar-refractivity contribution in [2.75, 3.05) is 12.4 Å². The lowest BCUT2D eigenvalue weighted by molar-refractivity contribution is 0.0934. The summed E-state index contributed by atoms with van der Waals surface area (Å²) in [6.45, 7) is 4.54. The van der Waals surface area contributed by atoms with Crippen molar-refractivity contribution < 1.29 is 4.79 Å². The van der Waals surface area contributed by atoms with Crippen molar-refractivity contribution in [1.29, 1.82) is 0 Å². The van der Waals surface area contributed by atoms with E-state index in [1.807, 2.05) is 13.8 Å². The third kappa shape index (κ3) is 3.55. The highest BCUT2D eigenvalue weighted by Crippen LogP contribution is 2.15. The van der Waals surface area contributed by atoms with Crippen molar-refractivity contribution >= 4 is 17.5 Å². The van der Waals surface area contributed by atoms with Crippen molar-refractivity contribution in [3.05, 3.63) is 18.0 Å². The molecule has 0 radical (unpaired) electrons. The fraction of sp³-hybridized carbons (Fsp3) is 0.600. The standard InChI is InChI=1S/C10H16ClN3O/c1-10(2,6-11)7-12-9(15)8-4-5-14(3)13-8/h4-5H,6-7H2,1-3H3,(H,12,15). The Bertz CT molecular complexity index is 346. The molecule has 0 aliphatic carbocycles. The highest BCUT2D eigenvalue weighted by Gasteiger charge is 2.18. The predicted molar refractivity (Wildman–Crippen MR) is 60.0 cm³/mol. The zero-order valence-electron chi connectivity index (χ0n) is 9.25. The lowest BCUT2D eigenvalue weighted by atomic mass is 9.96. The number of amides is 1. The van der Waals surface area contributed by atoms with Gasteiger partial charge in [0.05, 0.1) is 0 Å². The molecular formula is C10H16ClN3O. The number of hydrogen-bond donors (Lipinski definition) is 1. The third-order valence-electron chi connectivity index (χ3n) is 2.04. The second kappa shape index (κ2) is 4.66. The maximum atomic E-state index is 11.6. The van der Waals surface area contributed by atoms with E-state index >= 15 is 0 Å². The summed E-state index contributed by atoms with van der Waals surface area (Å²) in [5, 5.41) is 6.81. The van der Waals surface area contributed by atoms with E-state index in [4.69, 9.17) is 11.6 Å². The van der Waals surface area contributed by atoms with Crippen LogP contribution in [-0.2, 0) is 7.05 Å². The molecular weight excluding hydrogens is 214 g/mol. The summed E-state index contributed by atoms with van der Waals surface area (Å²) in [5.74, 6) is 0.351. The molecule has 1 aromatic heterocycles. The molecule has 4 nitrogen and oxygen atoms in total. The predicted octanol–water partition coefficient (Wildman–Crippen LogP) is 1.41. The molecule has 1 heterocycles. The van der Waals surface area contributed by atoms with Crippen molar-refractivity contribution in [3.8, 4) is 0 Å². The molecule has 0 spiro atoms. The maximum Gasteiger partial charge on any atom is 0.271 e. The molecule has 0 saturated carbocycles. The van der Waals surface area contributed by atoms with Crippen molar-refractivity contribution in [2.45, 2.75) is 13.8 Å². The van der Waals surface area contributed by atoms with Gasteiger partial charge in [0.2, 0.25) is 0 Å².